The number of carbonyl (C=O) groups excluding carboxylic acids is 1. The molecule has 0 aliphatic rings. The Balaban J connectivity index is 3.61. The summed E-state index contributed by atoms with van der Waals surface area (Å²) in [5.41, 5.74) is 0. The maximum absolute atomic E-state index is 10.8. The van der Waals surface area contributed by atoms with Crippen LogP contribution < -0.4 is 0 Å². The average molecular weight is 182 g/mol. The number of rotatable bonds is 5. The third kappa shape index (κ3) is 8.86. The predicted octanol–water partition coefficient (Wildman–Crippen LogP) is 2.71. The van der Waals surface area contributed by atoms with Gasteiger partial charge < -0.3 is 4.74 Å². The molecule has 0 heterocycles. The maximum Gasteiger partial charge on any atom is 0.330 e. The lowest BCUT2D eigenvalue weighted by molar-refractivity contribution is -0.137. The van der Waals surface area contributed by atoms with Crippen LogP contribution in [0.5, 0.6) is 0 Å². The zero-order chi connectivity index (χ0) is 10.1. The fraction of sp³-hybridized carbons (Fsp3) is 0.545. The van der Waals surface area contributed by atoms with E-state index in [0.29, 0.717) is 12.5 Å². The number of carbonyl (C=O) groups is 1. The van der Waals surface area contributed by atoms with Crippen LogP contribution in [0.25, 0.3) is 0 Å². The van der Waals surface area contributed by atoms with Crippen molar-refractivity contribution in [1.82, 2.24) is 0 Å². The van der Waals surface area contributed by atoms with Gasteiger partial charge >= 0.3 is 5.97 Å². The molecule has 0 unspecified atom stereocenters. The van der Waals surface area contributed by atoms with Crippen molar-refractivity contribution in [1.29, 1.82) is 0 Å². The summed E-state index contributed by atoms with van der Waals surface area (Å²) < 4.78 is 4.71. The summed E-state index contributed by atoms with van der Waals surface area (Å²) in [5, 5.41) is 0. The van der Waals surface area contributed by atoms with Crippen LogP contribution in [0.1, 0.15) is 27.2 Å². The van der Waals surface area contributed by atoms with Crippen molar-refractivity contribution < 1.29 is 9.53 Å². The summed E-state index contributed by atoms with van der Waals surface area (Å²) >= 11 is 0. The van der Waals surface area contributed by atoms with E-state index < -0.39 is 0 Å². The Hall–Kier alpha value is -1.05. The molecule has 0 bridgehead atoms. The molecule has 0 aromatic carbocycles. The monoisotopic (exact) mass is 182 g/mol. The third-order valence-electron chi connectivity index (χ3n) is 1.37. The van der Waals surface area contributed by atoms with Crippen LogP contribution in [0.3, 0.4) is 0 Å². The van der Waals surface area contributed by atoms with Gasteiger partial charge in [-0.3, -0.25) is 0 Å². The molecule has 0 N–H and O–H groups in total. The molecule has 0 radical (unpaired) electrons. The molecule has 0 aromatic rings. The lowest BCUT2D eigenvalue weighted by atomic mass is 10.1. The van der Waals surface area contributed by atoms with Crippen LogP contribution in [0.15, 0.2) is 24.3 Å². The van der Waals surface area contributed by atoms with Gasteiger partial charge in [-0.25, -0.2) is 4.79 Å². The van der Waals surface area contributed by atoms with E-state index >= 15 is 0 Å². The van der Waals surface area contributed by atoms with Crippen LogP contribution in [-0.4, -0.2) is 12.6 Å². The smallest absolute Gasteiger partial charge is 0.330 e. The van der Waals surface area contributed by atoms with Gasteiger partial charge in [0.25, 0.3) is 0 Å². The van der Waals surface area contributed by atoms with Crippen molar-refractivity contribution in [3.63, 3.8) is 0 Å². The standard InChI is InChI=1S/C11H18O2/c1-4-13-11(12)9-7-5-6-8-10(2)3/h5-7,9-10H,4,8H2,1-3H3/b6-5-,9-7+. The van der Waals surface area contributed by atoms with Crippen LogP contribution in [0.2, 0.25) is 0 Å². The molecule has 0 spiro atoms. The topological polar surface area (TPSA) is 26.3 Å². The first kappa shape index (κ1) is 11.9. The van der Waals surface area contributed by atoms with Gasteiger partial charge in [-0.15, -0.1) is 0 Å². The van der Waals surface area contributed by atoms with E-state index in [-0.39, 0.29) is 5.97 Å². The van der Waals surface area contributed by atoms with E-state index in [1.54, 1.807) is 13.0 Å². The van der Waals surface area contributed by atoms with Gasteiger partial charge in [-0.1, -0.05) is 32.1 Å². The lowest BCUT2D eigenvalue weighted by Crippen LogP contribution is -1.98. The second-order valence-electron chi connectivity index (χ2n) is 3.17. The molecular formula is C11H18O2. The van der Waals surface area contributed by atoms with Crippen LogP contribution in [0, 0.1) is 5.92 Å². The summed E-state index contributed by atoms with van der Waals surface area (Å²) in [6.45, 7) is 6.53. The molecule has 0 aliphatic heterocycles. The van der Waals surface area contributed by atoms with Gasteiger partial charge in [0.1, 0.15) is 0 Å². The summed E-state index contributed by atoms with van der Waals surface area (Å²) in [4.78, 5) is 10.8. The molecular weight excluding hydrogens is 164 g/mol. The molecule has 0 aliphatic carbocycles. The first-order valence-electron chi connectivity index (χ1n) is 4.66. The van der Waals surface area contributed by atoms with Crippen molar-refractivity contribution in [2.45, 2.75) is 27.2 Å². The van der Waals surface area contributed by atoms with Crippen molar-refractivity contribution in [2.24, 2.45) is 5.92 Å². The molecule has 0 saturated heterocycles. The van der Waals surface area contributed by atoms with E-state index in [2.05, 4.69) is 13.8 Å². The number of ether oxygens (including phenoxy) is 1. The summed E-state index contributed by atoms with van der Waals surface area (Å²) in [5.74, 6) is 0.379. The van der Waals surface area contributed by atoms with Gasteiger partial charge in [0.2, 0.25) is 0 Å². The van der Waals surface area contributed by atoms with E-state index in [1.165, 1.54) is 6.08 Å². The van der Waals surface area contributed by atoms with E-state index in [9.17, 15) is 4.79 Å². The maximum atomic E-state index is 10.8. The quantitative estimate of drug-likeness (QED) is 0.371. The molecule has 0 rings (SSSR count). The van der Waals surface area contributed by atoms with E-state index in [1.807, 2.05) is 12.2 Å². The molecule has 0 fully saturated rings. The van der Waals surface area contributed by atoms with Crippen molar-refractivity contribution in [3.8, 4) is 0 Å². The normalized spacial score (nSPS) is 11.7. The van der Waals surface area contributed by atoms with Crippen LogP contribution >= 0.6 is 0 Å². The highest BCUT2D eigenvalue weighted by Gasteiger charge is 1.90. The predicted molar refractivity (Wildman–Crippen MR) is 54.4 cm³/mol. The Morgan fingerprint density at radius 2 is 2.08 bits per heavy atom. The Morgan fingerprint density at radius 1 is 1.38 bits per heavy atom. The van der Waals surface area contributed by atoms with Crippen molar-refractivity contribution >= 4 is 5.97 Å². The zero-order valence-corrected chi connectivity index (χ0v) is 8.62. The zero-order valence-electron chi connectivity index (χ0n) is 8.62. The van der Waals surface area contributed by atoms with Gasteiger partial charge in [0.05, 0.1) is 6.61 Å². The molecule has 13 heavy (non-hydrogen) atoms. The van der Waals surface area contributed by atoms with Gasteiger partial charge in [-0.05, 0) is 19.3 Å². The SMILES string of the molecule is CCOC(=O)/C=C/C=C\CC(C)C. The second kappa shape index (κ2) is 7.59. The highest BCUT2D eigenvalue weighted by atomic mass is 16.5. The number of hydrogen-bond acceptors (Lipinski definition) is 2. The minimum absolute atomic E-state index is 0.281. The largest absolute Gasteiger partial charge is 0.463 e. The number of allylic oxidation sites excluding steroid dienone is 3. The molecule has 0 amide bonds. The minimum Gasteiger partial charge on any atom is -0.463 e. The fourth-order valence-corrected chi connectivity index (χ4v) is 0.754. The van der Waals surface area contributed by atoms with Crippen LogP contribution in [0.4, 0.5) is 0 Å². The average Bonchev–Trinajstić information content (AvgIpc) is 2.03. The molecule has 2 heteroatoms. The summed E-state index contributed by atoms with van der Waals surface area (Å²) in [7, 11) is 0. The Kier molecular flexibility index (Phi) is 6.98. The summed E-state index contributed by atoms with van der Waals surface area (Å²) in [6, 6.07) is 0. The van der Waals surface area contributed by atoms with Crippen LogP contribution in [-0.2, 0) is 9.53 Å². The number of hydrogen-bond donors (Lipinski definition) is 0. The Morgan fingerprint density at radius 3 is 2.62 bits per heavy atom. The van der Waals surface area contributed by atoms with Gasteiger partial charge in [-0.2, -0.15) is 0 Å². The highest BCUT2D eigenvalue weighted by Crippen LogP contribution is 1.99. The van der Waals surface area contributed by atoms with E-state index in [4.69, 9.17) is 4.74 Å². The van der Waals surface area contributed by atoms with Crippen molar-refractivity contribution in [2.75, 3.05) is 6.61 Å². The number of esters is 1. The molecule has 0 saturated carbocycles. The molecule has 0 aromatic heterocycles. The molecule has 74 valence electrons. The minimum atomic E-state index is -0.281. The lowest BCUT2D eigenvalue weighted by Gasteiger charge is -1.95. The molecule has 2 nitrogen and oxygen atoms in total. The summed E-state index contributed by atoms with van der Waals surface area (Å²) in [6.07, 6.45) is 8.09. The second-order valence-corrected chi connectivity index (χ2v) is 3.17. The van der Waals surface area contributed by atoms with Gasteiger partial charge in [0.15, 0.2) is 0 Å². The Bertz CT molecular complexity index is 190. The molecule has 0 atom stereocenters. The fourth-order valence-electron chi connectivity index (χ4n) is 0.754. The first-order valence-corrected chi connectivity index (χ1v) is 4.66. The van der Waals surface area contributed by atoms with E-state index in [0.717, 1.165) is 6.42 Å². The Labute approximate surface area is 80.3 Å². The highest BCUT2D eigenvalue weighted by molar-refractivity contribution is 5.82. The van der Waals surface area contributed by atoms with Crippen molar-refractivity contribution in [3.05, 3.63) is 24.3 Å². The van der Waals surface area contributed by atoms with Gasteiger partial charge in [0, 0.05) is 6.08 Å². The first-order chi connectivity index (χ1) is 6.16. The third-order valence-corrected chi connectivity index (χ3v) is 1.37.